The van der Waals surface area contributed by atoms with Crippen LogP contribution in [0.25, 0.3) is 0 Å². The lowest BCUT2D eigenvalue weighted by atomic mass is 9.80. The number of rotatable bonds is 10. The molecule has 3 aromatic rings. The molecule has 0 bridgehead atoms. The molecule has 0 fully saturated rings. The van der Waals surface area contributed by atoms with Gasteiger partial charge in [0.15, 0.2) is 0 Å². The van der Waals surface area contributed by atoms with Crippen molar-refractivity contribution >= 4 is 24.6 Å². The summed E-state index contributed by atoms with van der Waals surface area (Å²) in [6.07, 6.45) is 2.14. The fraction of sp³-hybridized carbons (Fsp3) is 0.333. The van der Waals surface area contributed by atoms with Crippen molar-refractivity contribution in [1.29, 1.82) is 0 Å². The maximum atomic E-state index is 13.6. The number of benzene rings is 3. The van der Waals surface area contributed by atoms with E-state index >= 15 is 0 Å². The van der Waals surface area contributed by atoms with Crippen LogP contribution in [0.15, 0.2) is 91.0 Å². The Morgan fingerprint density at radius 3 is 1.83 bits per heavy atom. The highest BCUT2D eigenvalue weighted by Gasteiger charge is 2.53. The van der Waals surface area contributed by atoms with Gasteiger partial charge in [-0.3, -0.25) is 0 Å². The second-order valence-electron chi connectivity index (χ2n) is 9.67. The van der Waals surface area contributed by atoms with Crippen LogP contribution >= 0.6 is 12.6 Å². The summed E-state index contributed by atoms with van der Waals surface area (Å²) in [5, 5.41) is 0. The minimum Gasteiger partial charge on any atom is -0.459 e. The predicted molar refractivity (Wildman–Crippen MR) is 142 cm³/mol. The first kappa shape index (κ1) is 26.6. The number of thiol groups is 1. The molecule has 0 radical (unpaired) electrons. The van der Waals surface area contributed by atoms with Crippen LogP contribution in [0.2, 0.25) is 0 Å². The fourth-order valence-electron chi connectivity index (χ4n) is 4.01. The molecule has 3 aromatic carbocycles. The van der Waals surface area contributed by atoms with Crippen LogP contribution in [0.4, 0.5) is 0 Å². The van der Waals surface area contributed by atoms with Crippen molar-refractivity contribution in [2.75, 3.05) is 0 Å². The summed E-state index contributed by atoms with van der Waals surface area (Å²) in [6.45, 7) is 5.39. The van der Waals surface area contributed by atoms with Gasteiger partial charge >= 0.3 is 11.9 Å². The molecule has 0 amide bonds. The molecule has 184 valence electrons. The van der Waals surface area contributed by atoms with Crippen molar-refractivity contribution in [1.82, 2.24) is 0 Å². The Kier molecular flexibility index (Phi) is 9.16. The first-order chi connectivity index (χ1) is 16.7. The molecule has 4 nitrogen and oxygen atoms in total. The SMILES string of the molecule is CC(C)(C)OC(=O)C(S)(C(=O)OCc1ccccc1)C(CCCc1ccccc1)c1ccccc1. The summed E-state index contributed by atoms with van der Waals surface area (Å²) in [5.74, 6) is -1.93. The third-order valence-corrected chi connectivity index (χ3v) is 6.42. The van der Waals surface area contributed by atoms with E-state index in [2.05, 4.69) is 12.1 Å². The average molecular weight is 491 g/mol. The fourth-order valence-corrected chi connectivity index (χ4v) is 4.40. The number of ether oxygens (including phenoxy) is 2. The topological polar surface area (TPSA) is 52.6 Å². The van der Waals surface area contributed by atoms with E-state index in [1.54, 1.807) is 20.8 Å². The van der Waals surface area contributed by atoms with Gasteiger partial charge in [0, 0.05) is 5.92 Å². The second kappa shape index (κ2) is 12.1. The number of esters is 2. The van der Waals surface area contributed by atoms with Crippen molar-refractivity contribution in [3.8, 4) is 0 Å². The molecule has 0 saturated carbocycles. The molecule has 0 spiro atoms. The molecule has 0 aromatic heterocycles. The van der Waals surface area contributed by atoms with Gasteiger partial charge in [0.05, 0.1) is 0 Å². The van der Waals surface area contributed by atoms with Crippen molar-refractivity contribution in [3.05, 3.63) is 108 Å². The molecular weight excluding hydrogens is 456 g/mol. The number of carbonyl (C=O) groups is 2. The van der Waals surface area contributed by atoms with Crippen LogP contribution in [0.5, 0.6) is 0 Å². The quantitative estimate of drug-likeness (QED) is 0.199. The molecule has 2 unspecified atom stereocenters. The predicted octanol–water partition coefficient (Wildman–Crippen LogP) is 6.55. The van der Waals surface area contributed by atoms with Gasteiger partial charge in [0.1, 0.15) is 12.2 Å². The van der Waals surface area contributed by atoms with Crippen molar-refractivity contribution in [3.63, 3.8) is 0 Å². The maximum absolute atomic E-state index is 13.6. The standard InChI is InChI=1S/C30H34O4S/c1-29(2,3)34-28(32)30(35,27(31)33-22-24-16-9-5-10-17-24)26(25-19-11-6-12-20-25)21-13-18-23-14-7-4-8-15-23/h4-12,14-17,19-20,26,35H,13,18,21-22H2,1-3H3. The van der Waals surface area contributed by atoms with E-state index in [4.69, 9.17) is 22.1 Å². The van der Waals surface area contributed by atoms with Crippen molar-refractivity contribution in [2.45, 2.75) is 62.9 Å². The van der Waals surface area contributed by atoms with Crippen molar-refractivity contribution < 1.29 is 19.1 Å². The third kappa shape index (κ3) is 7.46. The van der Waals surface area contributed by atoms with E-state index in [0.717, 1.165) is 24.0 Å². The van der Waals surface area contributed by atoms with Gasteiger partial charge in [-0.05, 0) is 56.7 Å². The molecule has 0 saturated heterocycles. The van der Waals surface area contributed by atoms with Crippen LogP contribution < -0.4 is 0 Å². The molecule has 0 aliphatic heterocycles. The summed E-state index contributed by atoms with van der Waals surface area (Å²) in [6, 6.07) is 29.1. The largest absolute Gasteiger partial charge is 0.459 e. The van der Waals surface area contributed by atoms with Crippen LogP contribution in [-0.4, -0.2) is 22.3 Å². The van der Waals surface area contributed by atoms with Gasteiger partial charge in [-0.2, -0.15) is 0 Å². The Morgan fingerprint density at radius 1 is 0.771 bits per heavy atom. The van der Waals surface area contributed by atoms with Gasteiger partial charge < -0.3 is 9.47 Å². The van der Waals surface area contributed by atoms with Crippen LogP contribution in [0.3, 0.4) is 0 Å². The maximum Gasteiger partial charge on any atom is 0.334 e. The third-order valence-electron chi connectivity index (χ3n) is 5.74. The summed E-state index contributed by atoms with van der Waals surface area (Å²) in [5.41, 5.74) is 2.10. The summed E-state index contributed by atoms with van der Waals surface area (Å²) in [4.78, 5) is 27.2. The van der Waals surface area contributed by atoms with E-state index in [0.29, 0.717) is 6.42 Å². The monoisotopic (exact) mass is 490 g/mol. The zero-order valence-electron chi connectivity index (χ0n) is 20.6. The van der Waals surface area contributed by atoms with Gasteiger partial charge in [0.2, 0.25) is 4.75 Å². The minimum atomic E-state index is -1.81. The minimum absolute atomic E-state index is 0.0519. The molecule has 0 aliphatic carbocycles. The first-order valence-corrected chi connectivity index (χ1v) is 12.4. The Bertz CT molecular complexity index is 1080. The van der Waals surface area contributed by atoms with E-state index in [-0.39, 0.29) is 6.61 Å². The number of hydrogen-bond donors (Lipinski definition) is 1. The highest BCUT2D eigenvalue weighted by molar-refractivity contribution is 7.83. The van der Waals surface area contributed by atoms with Crippen LogP contribution in [0.1, 0.15) is 56.2 Å². The Hall–Kier alpha value is -3.05. The van der Waals surface area contributed by atoms with E-state index in [1.807, 2.05) is 78.9 Å². The summed E-state index contributed by atoms with van der Waals surface area (Å²) >= 11 is 4.78. The lowest BCUT2D eigenvalue weighted by molar-refractivity contribution is -0.168. The zero-order valence-corrected chi connectivity index (χ0v) is 21.5. The Labute approximate surface area is 214 Å². The van der Waals surface area contributed by atoms with E-state index in [9.17, 15) is 9.59 Å². The van der Waals surface area contributed by atoms with E-state index < -0.39 is 28.2 Å². The molecule has 2 atom stereocenters. The smallest absolute Gasteiger partial charge is 0.334 e. The molecule has 0 heterocycles. The first-order valence-electron chi connectivity index (χ1n) is 12.0. The Morgan fingerprint density at radius 2 is 1.29 bits per heavy atom. The van der Waals surface area contributed by atoms with Crippen LogP contribution in [0, 0.1) is 0 Å². The Balaban J connectivity index is 1.92. The number of hydrogen-bond acceptors (Lipinski definition) is 5. The molecule has 3 rings (SSSR count). The lowest BCUT2D eigenvalue weighted by Crippen LogP contribution is -2.50. The molecule has 5 heteroatoms. The second-order valence-corrected chi connectivity index (χ2v) is 10.4. The molecule has 0 aliphatic rings. The summed E-state index contributed by atoms with van der Waals surface area (Å²) < 4.78 is 9.60. The molecular formula is C30H34O4S. The summed E-state index contributed by atoms with van der Waals surface area (Å²) in [7, 11) is 0. The lowest BCUT2D eigenvalue weighted by Gasteiger charge is -2.35. The van der Waals surface area contributed by atoms with E-state index in [1.165, 1.54) is 5.56 Å². The van der Waals surface area contributed by atoms with Gasteiger partial charge in [-0.1, -0.05) is 91.0 Å². The zero-order chi connectivity index (χ0) is 25.3. The highest BCUT2D eigenvalue weighted by Crippen LogP contribution is 2.41. The number of carbonyl (C=O) groups excluding carboxylic acids is 2. The van der Waals surface area contributed by atoms with Crippen LogP contribution in [-0.2, 0) is 32.1 Å². The molecule has 35 heavy (non-hydrogen) atoms. The highest BCUT2D eigenvalue weighted by atomic mass is 32.1. The average Bonchev–Trinajstić information content (AvgIpc) is 2.85. The van der Waals surface area contributed by atoms with Gasteiger partial charge in [0.25, 0.3) is 0 Å². The molecule has 0 N–H and O–H groups in total. The van der Waals surface area contributed by atoms with Crippen molar-refractivity contribution in [2.24, 2.45) is 0 Å². The van der Waals surface area contributed by atoms with Gasteiger partial charge in [-0.25, -0.2) is 9.59 Å². The number of aryl methyl sites for hydroxylation is 1. The normalized spacial score (nSPS) is 13.9. The van der Waals surface area contributed by atoms with Gasteiger partial charge in [-0.15, -0.1) is 12.6 Å².